The maximum absolute atomic E-state index is 8.09. The number of hydrogen-bond donors (Lipinski definition) is 3. The third-order valence-corrected chi connectivity index (χ3v) is 3.98. The molecule has 0 fully saturated rings. The molecule has 0 saturated heterocycles. The molecule has 2 rings (SSSR count). The van der Waals surface area contributed by atoms with Crippen molar-refractivity contribution in [1.29, 1.82) is 5.41 Å². The maximum Gasteiger partial charge on any atom is 0.0664 e. The van der Waals surface area contributed by atoms with Gasteiger partial charge in [0.1, 0.15) is 0 Å². The van der Waals surface area contributed by atoms with Crippen LogP contribution in [-0.2, 0) is 6.54 Å². The van der Waals surface area contributed by atoms with Gasteiger partial charge in [-0.05, 0) is 36.2 Å². The van der Waals surface area contributed by atoms with Crippen LogP contribution in [0.3, 0.4) is 0 Å². The predicted octanol–water partition coefficient (Wildman–Crippen LogP) is 5.43. The van der Waals surface area contributed by atoms with E-state index in [9.17, 15) is 0 Å². The number of halogens is 2. The molecule has 0 atom stereocenters. The van der Waals surface area contributed by atoms with Crippen LogP contribution < -0.4 is 10.6 Å². The van der Waals surface area contributed by atoms with E-state index in [0.29, 0.717) is 23.7 Å². The molecule has 2 aromatic rings. The molecule has 0 spiro atoms. The van der Waals surface area contributed by atoms with Gasteiger partial charge in [0.25, 0.3) is 0 Å². The Kier molecular flexibility index (Phi) is 5.69. The number of hydrogen-bond acceptors (Lipinski definition) is 3. The summed E-state index contributed by atoms with van der Waals surface area (Å²) in [7, 11) is 1.81. The van der Waals surface area contributed by atoms with Gasteiger partial charge in [0.2, 0.25) is 0 Å². The van der Waals surface area contributed by atoms with Crippen LogP contribution in [0, 0.1) is 5.41 Å². The van der Waals surface area contributed by atoms with Crippen LogP contribution in [0.1, 0.15) is 24.5 Å². The zero-order valence-corrected chi connectivity index (χ0v) is 14.1. The topological polar surface area (TPSA) is 47.9 Å². The van der Waals surface area contributed by atoms with Crippen LogP contribution in [0.4, 0.5) is 11.4 Å². The van der Waals surface area contributed by atoms with E-state index in [0.717, 1.165) is 27.5 Å². The molecule has 22 heavy (non-hydrogen) atoms. The average molecular weight is 336 g/mol. The van der Waals surface area contributed by atoms with Gasteiger partial charge in [-0.2, -0.15) is 0 Å². The van der Waals surface area contributed by atoms with Crippen molar-refractivity contribution < 1.29 is 0 Å². The Hall–Kier alpha value is -1.71. The molecule has 2 aromatic carbocycles. The van der Waals surface area contributed by atoms with Gasteiger partial charge < -0.3 is 16.0 Å². The highest BCUT2D eigenvalue weighted by atomic mass is 35.5. The SMILES string of the molecule is CCC(=N)c1cc(NCc2ccc(Cl)cc2)cc(Cl)c1NC. The monoisotopic (exact) mass is 335 g/mol. The summed E-state index contributed by atoms with van der Waals surface area (Å²) < 4.78 is 0. The van der Waals surface area contributed by atoms with Crippen molar-refractivity contribution in [3.8, 4) is 0 Å². The first-order chi connectivity index (χ1) is 10.5. The van der Waals surface area contributed by atoms with Gasteiger partial charge in [0.15, 0.2) is 0 Å². The molecular formula is C17H19Cl2N3. The highest BCUT2D eigenvalue weighted by molar-refractivity contribution is 6.34. The quantitative estimate of drug-likeness (QED) is 0.617. The summed E-state index contributed by atoms with van der Waals surface area (Å²) in [6.07, 6.45) is 0.658. The van der Waals surface area contributed by atoms with E-state index in [1.165, 1.54) is 0 Å². The average Bonchev–Trinajstić information content (AvgIpc) is 2.53. The number of anilines is 2. The second-order valence-electron chi connectivity index (χ2n) is 4.94. The molecule has 5 heteroatoms. The summed E-state index contributed by atoms with van der Waals surface area (Å²) in [4.78, 5) is 0. The van der Waals surface area contributed by atoms with Gasteiger partial charge in [-0.15, -0.1) is 0 Å². The molecule has 0 aliphatic carbocycles. The standard InChI is InChI=1S/C17H19Cl2N3/c1-3-16(20)14-8-13(9-15(19)17(14)21-2)22-10-11-4-6-12(18)7-5-11/h4-9,20-22H,3,10H2,1-2H3. The lowest BCUT2D eigenvalue weighted by molar-refractivity contribution is 1.15. The minimum Gasteiger partial charge on any atom is -0.386 e. The lowest BCUT2D eigenvalue weighted by Gasteiger charge is -2.15. The number of benzene rings is 2. The van der Waals surface area contributed by atoms with Crippen molar-refractivity contribution in [3.63, 3.8) is 0 Å². The third kappa shape index (κ3) is 3.93. The molecule has 3 N–H and O–H groups in total. The summed E-state index contributed by atoms with van der Waals surface area (Å²) in [5.41, 5.74) is 4.21. The molecule has 0 unspecified atom stereocenters. The Bertz CT molecular complexity index is 666. The highest BCUT2D eigenvalue weighted by Gasteiger charge is 2.11. The summed E-state index contributed by atoms with van der Waals surface area (Å²) in [5, 5.41) is 15.8. The molecule has 0 aromatic heterocycles. The molecule has 3 nitrogen and oxygen atoms in total. The molecule has 0 bridgehead atoms. The van der Waals surface area contributed by atoms with Crippen molar-refractivity contribution >= 4 is 40.3 Å². The second kappa shape index (κ2) is 7.52. The van der Waals surface area contributed by atoms with Crippen LogP contribution in [0.25, 0.3) is 0 Å². The Labute approximate surface area is 141 Å². The van der Waals surface area contributed by atoms with Crippen LogP contribution in [0.15, 0.2) is 36.4 Å². The third-order valence-electron chi connectivity index (χ3n) is 3.43. The fraction of sp³-hybridized carbons (Fsp3) is 0.235. The molecule has 0 radical (unpaired) electrons. The van der Waals surface area contributed by atoms with Gasteiger partial charge in [-0.1, -0.05) is 42.3 Å². The number of nitrogens with one attached hydrogen (secondary N) is 3. The van der Waals surface area contributed by atoms with Crippen molar-refractivity contribution in [2.75, 3.05) is 17.7 Å². The predicted molar refractivity (Wildman–Crippen MR) is 96.9 cm³/mol. The summed E-state index contributed by atoms with van der Waals surface area (Å²) in [5.74, 6) is 0. The van der Waals surface area contributed by atoms with E-state index < -0.39 is 0 Å². The summed E-state index contributed by atoms with van der Waals surface area (Å²) in [6.45, 7) is 2.63. The highest BCUT2D eigenvalue weighted by Crippen LogP contribution is 2.31. The first-order valence-electron chi connectivity index (χ1n) is 7.12. The zero-order chi connectivity index (χ0) is 16.1. The minimum atomic E-state index is 0.557. The van der Waals surface area contributed by atoms with E-state index in [2.05, 4.69) is 10.6 Å². The van der Waals surface area contributed by atoms with Crippen molar-refractivity contribution in [3.05, 3.63) is 57.6 Å². The van der Waals surface area contributed by atoms with Crippen molar-refractivity contribution in [1.82, 2.24) is 0 Å². The molecule has 0 aliphatic heterocycles. The largest absolute Gasteiger partial charge is 0.386 e. The first kappa shape index (κ1) is 16.7. The van der Waals surface area contributed by atoms with Crippen molar-refractivity contribution in [2.24, 2.45) is 0 Å². The fourth-order valence-corrected chi connectivity index (χ4v) is 2.64. The Morgan fingerprint density at radius 3 is 2.41 bits per heavy atom. The Balaban J connectivity index is 2.22. The fourth-order valence-electron chi connectivity index (χ4n) is 2.20. The Morgan fingerprint density at radius 2 is 1.82 bits per heavy atom. The molecule has 116 valence electrons. The summed E-state index contributed by atoms with van der Waals surface area (Å²) in [6, 6.07) is 11.5. The van der Waals surface area contributed by atoms with Gasteiger partial charge in [0, 0.05) is 35.6 Å². The van der Waals surface area contributed by atoms with Crippen LogP contribution in [0.2, 0.25) is 10.0 Å². The normalized spacial score (nSPS) is 10.4. The van der Waals surface area contributed by atoms with Crippen molar-refractivity contribution in [2.45, 2.75) is 19.9 Å². The van der Waals surface area contributed by atoms with Crippen LogP contribution in [-0.4, -0.2) is 12.8 Å². The Morgan fingerprint density at radius 1 is 1.14 bits per heavy atom. The van der Waals surface area contributed by atoms with Gasteiger partial charge in [0.05, 0.1) is 10.7 Å². The lowest BCUT2D eigenvalue weighted by atomic mass is 10.0. The maximum atomic E-state index is 8.09. The van der Waals surface area contributed by atoms with E-state index in [4.69, 9.17) is 28.6 Å². The summed E-state index contributed by atoms with van der Waals surface area (Å²) >= 11 is 12.2. The van der Waals surface area contributed by atoms with Gasteiger partial charge >= 0.3 is 0 Å². The van der Waals surface area contributed by atoms with Crippen LogP contribution in [0.5, 0.6) is 0 Å². The smallest absolute Gasteiger partial charge is 0.0664 e. The van der Waals surface area contributed by atoms with E-state index in [-0.39, 0.29) is 0 Å². The first-order valence-corrected chi connectivity index (χ1v) is 7.88. The molecular weight excluding hydrogens is 317 g/mol. The zero-order valence-electron chi connectivity index (χ0n) is 12.6. The van der Waals surface area contributed by atoms with E-state index >= 15 is 0 Å². The molecule has 0 aliphatic rings. The number of rotatable bonds is 6. The minimum absolute atomic E-state index is 0.557. The van der Waals surface area contributed by atoms with E-state index in [1.54, 1.807) is 0 Å². The second-order valence-corrected chi connectivity index (χ2v) is 5.79. The van der Waals surface area contributed by atoms with Crippen LogP contribution >= 0.6 is 23.2 Å². The molecule has 0 amide bonds. The van der Waals surface area contributed by atoms with E-state index in [1.807, 2.05) is 50.4 Å². The molecule has 0 saturated carbocycles. The van der Waals surface area contributed by atoms with Gasteiger partial charge in [-0.3, -0.25) is 0 Å². The van der Waals surface area contributed by atoms with Gasteiger partial charge in [-0.25, -0.2) is 0 Å². The lowest BCUT2D eigenvalue weighted by Crippen LogP contribution is -2.06. The molecule has 0 heterocycles.